The van der Waals surface area contributed by atoms with Gasteiger partial charge in [-0.1, -0.05) is 32.6 Å². The molecule has 0 aromatic carbocycles. The first kappa shape index (κ1) is 12.8. The molecule has 0 aromatic heterocycles. The summed E-state index contributed by atoms with van der Waals surface area (Å²) in [5, 5.41) is 0. The number of rotatable bonds is 8. The largest absolute Gasteiger partial charge is 0.466 e. The van der Waals surface area contributed by atoms with Crippen molar-refractivity contribution in [3.05, 3.63) is 0 Å². The summed E-state index contributed by atoms with van der Waals surface area (Å²) in [6, 6.07) is 0. The van der Waals surface area contributed by atoms with E-state index in [2.05, 4.69) is 19.6 Å². The molecule has 0 bridgehead atoms. The first-order chi connectivity index (χ1) is 6.31. The van der Waals surface area contributed by atoms with Gasteiger partial charge in [-0.2, -0.15) is 12.6 Å². The molecule has 0 fully saturated rings. The first-order valence-corrected chi connectivity index (χ1v) is 5.71. The van der Waals surface area contributed by atoms with Crippen LogP contribution in [0, 0.1) is 0 Å². The number of hydrogen-bond acceptors (Lipinski definition) is 3. The van der Waals surface area contributed by atoms with E-state index in [1.165, 1.54) is 25.7 Å². The third-order valence-electron chi connectivity index (χ3n) is 1.83. The molecule has 3 heteroatoms. The predicted octanol–water partition coefficient (Wildman–Crippen LogP) is 2.82. The van der Waals surface area contributed by atoms with Gasteiger partial charge in [0.15, 0.2) is 0 Å². The normalized spacial score (nSPS) is 10.0. The fourth-order valence-corrected chi connectivity index (χ4v) is 1.24. The summed E-state index contributed by atoms with van der Waals surface area (Å²) >= 11 is 3.95. The van der Waals surface area contributed by atoms with E-state index in [-0.39, 0.29) is 5.97 Å². The highest BCUT2D eigenvalue weighted by molar-refractivity contribution is 7.80. The van der Waals surface area contributed by atoms with Gasteiger partial charge in [-0.25, -0.2) is 0 Å². The molecular weight excluding hydrogens is 184 g/mol. The lowest BCUT2D eigenvalue weighted by Gasteiger charge is -2.02. The van der Waals surface area contributed by atoms with Crippen LogP contribution in [0.4, 0.5) is 0 Å². The smallest absolute Gasteiger partial charge is 0.306 e. The van der Waals surface area contributed by atoms with Gasteiger partial charge < -0.3 is 4.74 Å². The van der Waals surface area contributed by atoms with Crippen molar-refractivity contribution >= 4 is 18.6 Å². The molecule has 78 valence electrons. The number of unbranched alkanes of at least 4 members (excludes halogenated alkanes) is 4. The molecule has 13 heavy (non-hydrogen) atoms. The van der Waals surface area contributed by atoms with E-state index in [4.69, 9.17) is 4.74 Å². The zero-order valence-corrected chi connectivity index (χ0v) is 9.31. The number of hydrogen-bond donors (Lipinski definition) is 1. The van der Waals surface area contributed by atoms with Crippen LogP contribution in [0.25, 0.3) is 0 Å². The maximum atomic E-state index is 10.9. The summed E-state index contributed by atoms with van der Waals surface area (Å²) in [6.45, 7) is 2.77. The molecule has 0 heterocycles. The third kappa shape index (κ3) is 9.74. The molecule has 2 nitrogen and oxygen atoms in total. The van der Waals surface area contributed by atoms with Gasteiger partial charge >= 0.3 is 5.97 Å². The molecule has 0 aliphatic heterocycles. The van der Waals surface area contributed by atoms with Crippen molar-refractivity contribution in [2.24, 2.45) is 0 Å². The second kappa shape index (κ2) is 9.90. The molecule has 0 rings (SSSR count). The minimum Gasteiger partial charge on any atom is -0.466 e. The number of carbonyl (C=O) groups excluding carboxylic acids is 1. The molecule has 0 spiro atoms. The fraction of sp³-hybridized carbons (Fsp3) is 0.900. The van der Waals surface area contributed by atoms with Gasteiger partial charge in [0.1, 0.15) is 0 Å². The van der Waals surface area contributed by atoms with E-state index < -0.39 is 0 Å². The van der Waals surface area contributed by atoms with E-state index in [0.717, 1.165) is 6.42 Å². The van der Waals surface area contributed by atoms with Crippen molar-refractivity contribution in [3.8, 4) is 0 Å². The highest BCUT2D eigenvalue weighted by Gasteiger charge is 1.99. The van der Waals surface area contributed by atoms with Crippen LogP contribution < -0.4 is 0 Å². The zero-order chi connectivity index (χ0) is 9.94. The molecule has 0 unspecified atom stereocenters. The Labute approximate surface area is 86.5 Å². The molecule has 0 atom stereocenters. The SMILES string of the molecule is CCCCCCCOC(=O)CCS. The highest BCUT2D eigenvalue weighted by atomic mass is 32.1. The average Bonchev–Trinajstić information content (AvgIpc) is 2.11. The van der Waals surface area contributed by atoms with Gasteiger partial charge in [-0.05, 0) is 6.42 Å². The lowest BCUT2D eigenvalue weighted by molar-refractivity contribution is -0.143. The Hall–Kier alpha value is -0.180. The van der Waals surface area contributed by atoms with Crippen LogP contribution in [-0.2, 0) is 9.53 Å². The average molecular weight is 204 g/mol. The third-order valence-corrected chi connectivity index (χ3v) is 2.05. The van der Waals surface area contributed by atoms with Crippen LogP contribution >= 0.6 is 12.6 Å². The van der Waals surface area contributed by atoms with E-state index in [9.17, 15) is 4.79 Å². The Morgan fingerprint density at radius 2 is 1.92 bits per heavy atom. The van der Waals surface area contributed by atoms with E-state index in [1.807, 2.05) is 0 Å². The van der Waals surface area contributed by atoms with Gasteiger partial charge in [-0.15, -0.1) is 0 Å². The Kier molecular flexibility index (Phi) is 9.77. The molecule has 0 aliphatic carbocycles. The molecule has 0 radical (unpaired) electrons. The standard InChI is InChI=1S/C10H20O2S/c1-2-3-4-5-6-8-12-10(11)7-9-13/h13H,2-9H2,1H3. The lowest BCUT2D eigenvalue weighted by Crippen LogP contribution is -2.06. The number of esters is 1. The second-order valence-electron chi connectivity index (χ2n) is 3.11. The predicted molar refractivity (Wildman–Crippen MR) is 58.2 cm³/mol. The van der Waals surface area contributed by atoms with Crippen LogP contribution in [0.1, 0.15) is 45.4 Å². The number of ether oxygens (including phenoxy) is 1. The molecule has 0 N–H and O–H groups in total. The molecule has 0 aromatic rings. The van der Waals surface area contributed by atoms with Crippen LogP contribution in [0.5, 0.6) is 0 Å². The van der Waals surface area contributed by atoms with Crippen LogP contribution in [-0.4, -0.2) is 18.3 Å². The Bertz CT molecular complexity index is 126. The maximum absolute atomic E-state index is 10.9. The van der Waals surface area contributed by atoms with Gasteiger partial charge in [-0.3, -0.25) is 4.79 Å². The molecule has 0 saturated carbocycles. The molecular formula is C10H20O2S. The summed E-state index contributed by atoms with van der Waals surface area (Å²) in [5.41, 5.74) is 0. The van der Waals surface area contributed by atoms with E-state index >= 15 is 0 Å². The van der Waals surface area contributed by atoms with Crippen LogP contribution in [0.3, 0.4) is 0 Å². The minimum atomic E-state index is -0.120. The van der Waals surface area contributed by atoms with Crippen molar-refractivity contribution < 1.29 is 9.53 Å². The fourth-order valence-electron chi connectivity index (χ4n) is 1.06. The zero-order valence-electron chi connectivity index (χ0n) is 8.42. The van der Waals surface area contributed by atoms with Crippen molar-refractivity contribution in [3.63, 3.8) is 0 Å². The van der Waals surface area contributed by atoms with Crippen molar-refractivity contribution in [2.75, 3.05) is 12.4 Å². The van der Waals surface area contributed by atoms with Crippen molar-refractivity contribution in [2.45, 2.75) is 45.4 Å². The van der Waals surface area contributed by atoms with Gasteiger partial charge in [0.05, 0.1) is 13.0 Å². The Morgan fingerprint density at radius 3 is 2.54 bits per heavy atom. The van der Waals surface area contributed by atoms with Crippen LogP contribution in [0.15, 0.2) is 0 Å². The van der Waals surface area contributed by atoms with Gasteiger partial charge in [0.2, 0.25) is 0 Å². The summed E-state index contributed by atoms with van der Waals surface area (Å²) in [6.07, 6.45) is 6.38. The maximum Gasteiger partial charge on any atom is 0.306 e. The highest BCUT2D eigenvalue weighted by Crippen LogP contribution is 2.02. The molecule has 0 amide bonds. The summed E-state index contributed by atoms with van der Waals surface area (Å²) < 4.78 is 4.97. The van der Waals surface area contributed by atoms with Gasteiger partial charge in [0.25, 0.3) is 0 Å². The monoisotopic (exact) mass is 204 g/mol. The summed E-state index contributed by atoms with van der Waals surface area (Å²) in [4.78, 5) is 10.9. The van der Waals surface area contributed by atoms with E-state index in [1.54, 1.807) is 0 Å². The summed E-state index contributed by atoms with van der Waals surface area (Å²) in [7, 11) is 0. The number of thiol groups is 1. The topological polar surface area (TPSA) is 26.3 Å². The first-order valence-electron chi connectivity index (χ1n) is 5.07. The van der Waals surface area contributed by atoms with Crippen LogP contribution in [0.2, 0.25) is 0 Å². The molecule has 0 saturated heterocycles. The van der Waals surface area contributed by atoms with Crippen molar-refractivity contribution in [1.29, 1.82) is 0 Å². The van der Waals surface area contributed by atoms with Crippen molar-refractivity contribution in [1.82, 2.24) is 0 Å². The Morgan fingerprint density at radius 1 is 1.23 bits per heavy atom. The summed E-state index contributed by atoms with van der Waals surface area (Å²) in [5.74, 6) is 0.458. The number of carbonyl (C=O) groups is 1. The Balaban J connectivity index is 3.02. The molecule has 0 aliphatic rings. The van der Waals surface area contributed by atoms with Gasteiger partial charge in [0, 0.05) is 5.75 Å². The lowest BCUT2D eigenvalue weighted by atomic mass is 10.2. The quantitative estimate of drug-likeness (QED) is 0.374. The minimum absolute atomic E-state index is 0.120. The van der Waals surface area contributed by atoms with E-state index in [0.29, 0.717) is 18.8 Å². The second-order valence-corrected chi connectivity index (χ2v) is 3.56.